The molecule has 0 aliphatic carbocycles. The van der Waals surface area contributed by atoms with Gasteiger partial charge in [-0.2, -0.15) is 0 Å². The molecule has 0 saturated carbocycles. The van der Waals surface area contributed by atoms with Crippen LogP contribution in [0, 0.1) is 6.92 Å². The lowest BCUT2D eigenvalue weighted by atomic mass is 10.1. The molecule has 0 unspecified atom stereocenters. The van der Waals surface area contributed by atoms with Gasteiger partial charge in [0.2, 0.25) is 0 Å². The highest BCUT2D eigenvalue weighted by atomic mass is 35.5. The first-order valence-electron chi connectivity index (χ1n) is 4.15. The molecule has 0 aliphatic heterocycles. The van der Waals surface area contributed by atoms with Crippen molar-refractivity contribution in [2.45, 2.75) is 13.0 Å². The van der Waals surface area contributed by atoms with Gasteiger partial charge < -0.3 is 10.5 Å². The Kier molecular flexibility index (Phi) is 3.72. The number of aryl methyl sites for hydroxylation is 1. The zero-order chi connectivity index (χ0) is 9.84. The van der Waals surface area contributed by atoms with Gasteiger partial charge in [0.1, 0.15) is 0 Å². The minimum absolute atomic E-state index is 0.141. The van der Waals surface area contributed by atoms with Crippen molar-refractivity contribution in [3.8, 4) is 0 Å². The third-order valence-electron chi connectivity index (χ3n) is 1.90. The van der Waals surface area contributed by atoms with Crippen LogP contribution in [-0.4, -0.2) is 13.7 Å². The maximum absolute atomic E-state index is 5.99. The molecule has 1 aromatic rings. The van der Waals surface area contributed by atoms with Crippen LogP contribution < -0.4 is 5.73 Å². The number of rotatable bonds is 3. The normalized spacial score (nSPS) is 12.9. The van der Waals surface area contributed by atoms with Crippen LogP contribution in [0.15, 0.2) is 18.2 Å². The summed E-state index contributed by atoms with van der Waals surface area (Å²) in [6.45, 7) is 2.50. The zero-order valence-electron chi connectivity index (χ0n) is 7.88. The molecule has 0 fully saturated rings. The zero-order valence-corrected chi connectivity index (χ0v) is 8.64. The molecule has 1 atom stereocenters. The van der Waals surface area contributed by atoms with E-state index in [0.29, 0.717) is 11.6 Å². The van der Waals surface area contributed by atoms with Gasteiger partial charge in [-0.05, 0) is 18.6 Å². The monoisotopic (exact) mass is 199 g/mol. The quantitative estimate of drug-likeness (QED) is 0.811. The van der Waals surface area contributed by atoms with Gasteiger partial charge >= 0.3 is 0 Å². The van der Waals surface area contributed by atoms with Crippen LogP contribution in [0.1, 0.15) is 17.2 Å². The lowest BCUT2D eigenvalue weighted by Gasteiger charge is -2.13. The molecule has 0 aromatic heterocycles. The average molecular weight is 200 g/mol. The first-order chi connectivity index (χ1) is 6.15. The van der Waals surface area contributed by atoms with Crippen LogP contribution in [0.5, 0.6) is 0 Å². The predicted molar refractivity (Wildman–Crippen MR) is 55.0 cm³/mol. The van der Waals surface area contributed by atoms with Gasteiger partial charge in [0.25, 0.3) is 0 Å². The summed E-state index contributed by atoms with van der Waals surface area (Å²) in [5.74, 6) is 0. The summed E-state index contributed by atoms with van der Waals surface area (Å²) in [5.41, 5.74) is 7.97. The summed E-state index contributed by atoms with van der Waals surface area (Å²) < 4.78 is 4.97. The molecule has 72 valence electrons. The van der Waals surface area contributed by atoms with Crippen LogP contribution in [0.3, 0.4) is 0 Å². The smallest absolute Gasteiger partial charge is 0.0656 e. The third-order valence-corrected chi connectivity index (χ3v) is 2.24. The van der Waals surface area contributed by atoms with E-state index < -0.39 is 0 Å². The molecular weight excluding hydrogens is 186 g/mol. The molecule has 3 heteroatoms. The number of ether oxygens (including phenoxy) is 1. The molecule has 1 aromatic carbocycles. The minimum Gasteiger partial charge on any atom is -0.383 e. The molecule has 0 aliphatic rings. The largest absolute Gasteiger partial charge is 0.383 e. The van der Waals surface area contributed by atoms with Crippen molar-refractivity contribution in [3.63, 3.8) is 0 Å². The molecule has 0 saturated heterocycles. The average Bonchev–Trinajstić information content (AvgIpc) is 2.09. The maximum Gasteiger partial charge on any atom is 0.0656 e. The second kappa shape index (κ2) is 4.61. The predicted octanol–water partition coefficient (Wildman–Crippen LogP) is 2.29. The Morgan fingerprint density at radius 3 is 2.85 bits per heavy atom. The highest BCUT2D eigenvalue weighted by Gasteiger charge is 2.09. The van der Waals surface area contributed by atoms with E-state index in [2.05, 4.69) is 0 Å². The van der Waals surface area contributed by atoms with E-state index >= 15 is 0 Å². The molecule has 1 rings (SSSR count). The summed E-state index contributed by atoms with van der Waals surface area (Å²) in [5, 5.41) is 0.704. The van der Waals surface area contributed by atoms with Crippen LogP contribution in [-0.2, 0) is 4.74 Å². The number of halogens is 1. The molecule has 0 bridgehead atoms. The van der Waals surface area contributed by atoms with Crippen molar-refractivity contribution in [3.05, 3.63) is 34.3 Å². The van der Waals surface area contributed by atoms with Gasteiger partial charge in [-0.1, -0.05) is 29.3 Å². The number of hydrogen-bond acceptors (Lipinski definition) is 2. The minimum atomic E-state index is -0.141. The standard InChI is InChI=1S/C10H14ClNO/c1-7-3-4-9(11)8(5-7)10(12)6-13-2/h3-5,10H,6,12H2,1-2H3/t10-/m1/s1. The van der Waals surface area contributed by atoms with Crippen molar-refractivity contribution in [1.82, 2.24) is 0 Å². The van der Waals surface area contributed by atoms with Gasteiger partial charge in [-0.3, -0.25) is 0 Å². The summed E-state index contributed by atoms with van der Waals surface area (Å²) in [6, 6.07) is 5.68. The third kappa shape index (κ3) is 2.69. The van der Waals surface area contributed by atoms with E-state index in [1.807, 2.05) is 25.1 Å². The molecule has 2 N–H and O–H groups in total. The fourth-order valence-corrected chi connectivity index (χ4v) is 1.47. The summed E-state index contributed by atoms with van der Waals surface area (Å²) in [7, 11) is 1.63. The van der Waals surface area contributed by atoms with Gasteiger partial charge in [-0.15, -0.1) is 0 Å². The Morgan fingerprint density at radius 1 is 1.54 bits per heavy atom. The van der Waals surface area contributed by atoms with Crippen LogP contribution in [0.25, 0.3) is 0 Å². The number of nitrogens with two attached hydrogens (primary N) is 1. The number of hydrogen-bond donors (Lipinski definition) is 1. The summed E-state index contributed by atoms with van der Waals surface area (Å²) in [4.78, 5) is 0. The second-order valence-electron chi connectivity index (χ2n) is 3.09. The lowest BCUT2D eigenvalue weighted by molar-refractivity contribution is 0.181. The molecule has 2 nitrogen and oxygen atoms in total. The summed E-state index contributed by atoms with van der Waals surface area (Å²) in [6.07, 6.45) is 0. The first kappa shape index (κ1) is 10.5. The topological polar surface area (TPSA) is 35.2 Å². The van der Waals surface area contributed by atoms with Crippen LogP contribution in [0.2, 0.25) is 5.02 Å². The Bertz CT molecular complexity index is 288. The maximum atomic E-state index is 5.99. The van der Waals surface area contributed by atoms with Gasteiger partial charge in [0.05, 0.1) is 12.6 Å². The van der Waals surface area contributed by atoms with Crippen molar-refractivity contribution in [2.75, 3.05) is 13.7 Å². The van der Waals surface area contributed by atoms with Crippen molar-refractivity contribution in [1.29, 1.82) is 0 Å². The molecule has 0 radical (unpaired) electrons. The molecule has 13 heavy (non-hydrogen) atoms. The van der Waals surface area contributed by atoms with Gasteiger partial charge in [0, 0.05) is 12.1 Å². The Balaban J connectivity index is 2.91. The van der Waals surface area contributed by atoms with Gasteiger partial charge in [-0.25, -0.2) is 0 Å². The van der Waals surface area contributed by atoms with E-state index in [0.717, 1.165) is 11.1 Å². The van der Waals surface area contributed by atoms with Crippen LogP contribution >= 0.6 is 11.6 Å². The Labute approximate surface area is 83.6 Å². The number of benzene rings is 1. The fraction of sp³-hybridized carbons (Fsp3) is 0.400. The van der Waals surface area contributed by atoms with E-state index in [1.165, 1.54) is 0 Å². The molecule has 0 amide bonds. The van der Waals surface area contributed by atoms with E-state index in [-0.39, 0.29) is 6.04 Å². The van der Waals surface area contributed by atoms with Crippen molar-refractivity contribution < 1.29 is 4.74 Å². The second-order valence-corrected chi connectivity index (χ2v) is 3.49. The fourth-order valence-electron chi connectivity index (χ4n) is 1.22. The van der Waals surface area contributed by atoms with Crippen molar-refractivity contribution >= 4 is 11.6 Å². The van der Waals surface area contributed by atoms with E-state index in [9.17, 15) is 0 Å². The molecule has 0 heterocycles. The first-order valence-corrected chi connectivity index (χ1v) is 4.53. The number of methoxy groups -OCH3 is 1. The van der Waals surface area contributed by atoms with Crippen molar-refractivity contribution in [2.24, 2.45) is 5.73 Å². The Morgan fingerprint density at radius 2 is 2.23 bits per heavy atom. The molecular formula is C10H14ClNO. The summed E-state index contributed by atoms with van der Waals surface area (Å²) >= 11 is 5.99. The SMILES string of the molecule is COC[C@@H](N)c1cc(C)ccc1Cl. The Hall–Kier alpha value is -0.570. The van der Waals surface area contributed by atoms with E-state index in [4.69, 9.17) is 22.1 Å². The van der Waals surface area contributed by atoms with Crippen LogP contribution in [0.4, 0.5) is 0 Å². The highest BCUT2D eigenvalue weighted by molar-refractivity contribution is 6.31. The lowest BCUT2D eigenvalue weighted by Crippen LogP contribution is -2.16. The molecule has 0 spiro atoms. The van der Waals surface area contributed by atoms with E-state index in [1.54, 1.807) is 7.11 Å². The van der Waals surface area contributed by atoms with Gasteiger partial charge in [0.15, 0.2) is 0 Å². The highest BCUT2D eigenvalue weighted by Crippen LogP contribution is 2.22.